The summed E-state index contributed by atoms with van der Waals surface area (Å²) in [4.78, 5) is 14.4. The normalized spacial score (nSPS) is 18.6. The highest BCUT2D eigenvalue weighted by Gasteiger charge is 2.26. The van der Waals surface area contributed by atoms with Gasteiger partial charge in [-0.05, 0) is 37.9 Å². The molecule has 0 aromatic heterocycles. The number of piperidine rings is 1. The zero-order valence-electron chi connectivity index (χ0n) is 12.8. The number of aromatic hydroxyl groups is 1. The molecule has 2 N–H and O–H groups in total. The van der Waals surface area contributed by atoms with E-state index in [0.717, 1.165) is 32.4 Å². The molecule has 1 aliphatic heterocycles. The van der Waals surface area contributed by atoms with Crippen LogP contribution in [0.15, 0.2) is 18.2 Å². The van der Waals surface area contributed by atoms with Gasteiger partial charge in [-0.25, -0.2) is 0 Å². The van der Waals surface area contributed by atoms with E-state index < -0.39 is 0 Å². The first-order valence-electron chi connectivity index (χ1n) is 7.56. The first-order valence-corrected chi connectivity index (χ1v) is 7.56. The predicted molar refractivity (Wildman–Crippen MR) is 81.9 cm³/mol. The van der Waals surface area contributed by atoms with Gasteiger partial charge in [-0.2, -0.15) is 0 Å². The topological polar surface area (TPSA) is 61.8 Å². The fraction of sp³-hybridized carbons (Fsp3) is 0.562. The molecule has 1 aromatic rings. The third-order valence-corrected chi connectivity index (χ3v) is 3.84. The van der Waals surface area contributed by atoms with E-state index >= 15 is 0 Å². The molecule has 21 heavy (non-hydrogen) atoms. The number of likely N-dealkylation sites (tertiary alicyclic amines) is 1. The number of methoxy groups -OCH3 is 1. The summed E-state index contributed by atoms with van der Waals surface area (Å²) < 4.78 is 5.06. The number of nitrogens with zero attached hydrogens (tertiary/aromatic N) is 1. The molecule has 1 aliphatic rings. The summed E-state index contributed by atoms with van der Waals surface area (Å²) in [5, 5.41) is 13.6. The molecule has 0 bridgehead atoms. The molecule has 1 unspecified atom stereocenters. The van der Waals surface area contributed by atoms with Gasteiger partial charge in [-0.3, -0.25) is 4.79 Å². The number of phenolic OH excluding ortho intramolecular Hbond substituents is 1. The van der Waals surface area contributed by atoms with Gasteiger partial charge >= 0.3 is 0 Å². The number of amides is 1. The number of carbonyl (C=O) groups excluding carboxylic acids is 1. The molecule has 116 valence electrons. The Balaban J connectivity index is 2.09. The third-order valence-electron chi connectivity index (χ3n) is 3.84. The summed E-state index contributed by atoms with van der Waals surface area (Å²) >= 11 is 0. The Morgan fingerprint density at radius 2 is 2.33 bits per heavy atom. The lowest BCUT2D eigenvalue weighted by Crippen LogP contribution is -2.48. The molecule has 1 saturated heterocycles. The Morgan fingerprint density at radius 1 is 1.52 bits per heavy atom. The molecule has 0 radical (unpaired) electrons. The van der Waals surface area contributed by atoms with Gasteiger partial charge in [0.25, 0.3) is 5.91 Å². The smallest absolute Gasteiger partial charge is 0.257 e. The van der Waals surface area contributed by atoms with Crippen molar-refractivity contribution in [3.05, 3.63) is 23.8 Å². The van der Waals surface area contributed by atoms with Gasteiger partial charge < -0.3 is 20.1 Å². The van der Waals surface area contributed by atoms with Gasteiger partial charge in [-0.15, -0.1) is 0 Å². The molecule has 1 aromatic carbocycles. The number of rotatable bonds is 5. The molecular weight excluding hydrogens is 268 g/mol. The summed E-state index contributed by atoms with van der Waals surface area (Å²) in [7, 11) is 1.48. The maximum Gasteiger partial charge on any atom is 0.257 e. The van der Waals surface area contributed by atoms with Crippen LogP contribution in [0.5, 0.6) is 11.5 Å². The number of hydrogen-bond donors (Lipinski definition) is 2. The van der Waals surface area contributed by atoms with E-state index in [9.17, 15) is 9.90 Å². The van der Waals surface area contributed by atoms with Gasteiger partial charge in [0.2, 0.25) is 0 Å². The second-order valence-electron chi connectivity index (χ2n) is 5.40. The minimum Gasteiger partial charge on any atom is -0.504 e. The summed E-state index contributed by atoms with van der Waals surface area (Å²) in [6, 6.07) is 5.36. The van der Waals surface area contributed by atoms with Crippen molar-refractivity contribution >= 4 is 5.91 Å². The van der Waals surface area contributed by atoms with Crippen LogP contribution in [-0.2, 0) is 0 Å². The van der Waals surface area contributed by atoms with Crippen LogP contribution in [0.3, 0.4) is 0 Å². The van der Waals surface area contributed by atoms with E-state index in [4.69, 9.17) is 4.74 Å². The number of benzene rings is 1. The number of para-hydroxylation sites is 1. The largest absolute Gasteiger partial charge is 0.504 e. The van der Waals surface area contributed by atoms with Crippen LogP contribution in [0, 0.1) is 0 Å². The maximum absolute atomic E-state index is 12.6. The minimum atomic E-state index is -0.130. The van der Waals surface area contributed by atoms with E-state index in [1.807, 2.05) is 4.90 Å². The first kappa shape index (κ1) is 15.6. The van der Waals surface area contributed by atoms with Crippen LogP contribution in [0.2, 0.25) is 0 Å². The van der Waals surface area contributed by atoms with E-state index in [0.29, 0.717) is 23.9 Å². The van der Waals surface area contributed by atoms with Crippen LogP contribution < -0.4 is 10.1 Å². The lowest BCUT2D eigenvalue weighted by atomic mass is 10.0. The Hall–Kier alpha value is -1.75. The third kappa shape index (κ3) is 3.67. The van der Waals surface area contributed by atoms with Gasteiger partial charge in [-0.1, -0.05) is 13.0 Å². The second-order valence-corrected chi connectivity index (χ2v) is 5.40. The van der Waals surface area contributed by atoms with Crippen molar-refractivity contribution in [1.29, 1.82) is 0 Å². The van der Waals surface area contributed by atoms with Crippen LogP contribution in [0.1, 0.15) is 36.5 Å². The van der Waals surface area contributed by atoms with E-state index in [2.05, 4.69) is 12.2 Å². The van der Waals surface area contributed by atoms with Gasteiger partial charge in [0, 0.05) is 19.1 Å². The molecule has 1 heterocycles. The summed E-state index contributed by atoms with van der Waals surface area (Å²) in [5.41, 5.74) is 0.311. The van der Waals surface area contributed by atoms with Crippen molar-refractivity contribution in [2.45, 2.75) is 32.2 Å². The van der Waals surface area contributed by atoms with Gasteiger partial charge in [0.05, 0.1) is 12.7 Å². The Kier molecular flexibility index (Phi) is 5.44. The fourth-order valence-corrected chi connectivity index (χ4v) is 2.71. The fourth-order valence-electron chi connectivity index (χ4n) is 2.71. The minimum absolute atomic E-state index is 0.0753. The van der Waals surface area contributed by atoms with Crippen molar-refractivity contribution < 1.29 is 14.6 Å². The number of carbonyl (C=O) groups is 1. The molecule has 1 fully saturated rings. The summed E-state index contributed by atoms with van der Waals surface area (Å²) in [6.07, 6.45) is 3.16. The average molecular weight is 292 g/mol. The highest BCUT2D eigenvalue weighted by Crippen LogP contribution is 2.30. The highest BCUT2D eigenvalue weighted by molar-refractivity contribution is 5.97. The molecule has 2 rings (SSSR count). The van der Waals surface area contributed by atoms with E-state index in [1.54, 1.807) is 18.2 Å². The van der Waals surface area contributed by atoms with Crippen LogP contribution in [0.4, 0.5) is 0 Å². The maximum atomic E-state index is 12.6. The molecule has 5 heteroatoms. The molecule has 0 saturated carbocycles. The van der Waals surface area contributed by atoms with Crippen molar-refractivity contribution in [2.75, 3.05) is 26.7 Å². The van der Waals surface area contributed by atoms with Crippen molar-refractivity contribution in [3.8, 4) is 11.5 Å². The number of hydrogen-bond acceptors (Lipinski definition) is 4. The second kappa shape index (κ2) is 7.31. The van der Waals surface area contributed by atoms with Crippen LogP contribution >= 0.6 is 0 Å². The zero-order valence-corrected chi connectivity index (χ0v) is 12.8. The van der Waals surface area contributed by atoms with Crippen LogP contribution in [-0.4, -0.2) is 48.7 Å². The lowest BCUT2D eigenvalue weighted by molar-refractivity contribution is 0.0691. The van der Waals surface area contributed by atoms with E-state index in [1.165, 1.54) is 7.11 Å². The SMILES string of the molecule is CCCNC1CCCN(C(=O)c2cccc(OC)c2O)C1. The van der Waals surface area contributed by atoms with Crippen molar-refractivity contribution in [3.63, 3.8) is 0 Å². The first-order chi connectivity index (χ1) is 10.2. The van der Waals surface area contributed by atoms with Gasteiger partial charge in [0.1, 0.15) is 0 Å². The lowest BCUT2D eigenvalue weighted by Gasteiger charge is -2.33. The quantitative estimate of drug-likeness (QED) is 0.871. The molecule has 0 spiro atoms. The van der Waals surface area contributed by atoms with Crippen LogP contribution in [0.25, 0.3) is 0 Å². The number of ether oxygens (including phenoxy) is 1. The van der Waals surface area contributed by atoms with Crippen molar-refractivity contribution in [1.82, 2.24) is 10.2 Å². The number of phenols is 1. The molecular formula is C16H24N2O3. The molecule has 0 aliphatic carbocycles. The summed E-state index contributed by atoms with van der Waals surface area (Å²) in [5.74, 6) is 0.126. The Bertz CT molecular complexity index is 490. The predicted octanol–water partition coefficient (Wildman–Crippen LogP) is 2.00. The number of nitrogens with one attached hydrogen (secondary N) is 1. The Labute approximate surface area is 125 Å². The molecule has 5 nitrogen and oxygen atoms in total. The van der Waals surface area contributed by atoms with E-state index in [-0.39, 0.29) is 11.7 Å². The average Bonchev–Trinajstić information content (AvgIpc) is 2.53. The highest BCUT2D eigenvalue weighted by atomic mass is 16.5. The zero-order chi connectivity index (χ0) is 15.2. The Morgan fingerprint density at radius 3 is 3.05 bits per heavy atom. The van der Waals surface area contributed by atoms with Gasteiger partial charge in [0.15, 0.2) is 11.5 Å². The molecule has 1 amide bonds. The monoisotopic (exact) mass is 292 g/mol. The summed E-state index contributed by atoms with van der Waals surface area (Å²) in [6.45, 7) is 4.53. The molecule has 1 atom stereocenters. The standard InChI is InChI=1S/C16H24N2O3/c1-3-9-17-12-6-5-10-18(11-12)16(20)13-7-4-8-14(21-2)15(13)19/h4,7-8,12,17,19H,3,5-6,9-11H2,1-2H3. The van der Waals surface area contributed by atoms with Crippen molar-refractivity contribution in [2.24, 2.45) is 0 Å².